The minimum Gasteiger partial charge on any atom is -0.456 e. The predicted molar refractivity (Wildman–Crippen MR) is 144 cm³/mol. The zero-order valence-corrected chi connectivity index (χ0v) is 21.5. The summed E-state index contributed by atoms with van der Waals surface area (Å²) in [5.41, 5.74) is -0.822. The molecule has 0 saturated carbocycles. The standard InChI is InChI=1S/C31H22F6N2O2/c1-2-18-17-38-27-13-12-23(16-24(18)27)41-28-25(30(32,33)34)14-22(15-26(28)31(35,36)37)39-29(40)21-10-8-20(9-11-21)19-6-4-3-5-7-19/h3-17,38H,2H2,1H3,(H,39,40). The van der Waals surface area contributed by atoms with Crippen LogP contribution in [0.15, 0.2) is 91.1 Å². The normalized spacial score (nSPS) is 12.0. The van der Waals surface area contributed by atoms with E-state index >= 15 is 0 Å². The molecule has 0 unspecified atom stereocenters. The third-order valence-electron chi connectivity index (χ3n) is 6.55. The number of halogens is 6. The molecule has 5 aromatic rings. The number of amides is 1. The third kappa shape index (κ3) is 5.91. The number of carbonyl (C=O) groups is 1. The largest absolute Gasteiger partial charge is 0.456 e. The second-order valence-corrected chi connectivity index (χ2v) is 9.27. The molecule has 2 N–H and O–H groups in total. The van der Waals surface area contributed by atoms with Gasteiger partial charge < -0.3 is 15.0 Å². The van der Waals surface area contributed by atoms with Gasteiger partial charge in [-0.05, 0) is 65.6 Å². The van der Waals surface area contributed by atoms with Gasteiger partial charge in [0.25, 0.3) is 5.91 Å². The number of benzene rings is 4. The highest BCUT2D eigenvalue weighted by Gasteiger charge is 2.43. The molecule has 0 atom stereocenters. The maximum absolute atomic E-state index is 14.1. The maximum Gasteiger partial charge on any atom is 0.420 e. The van der Waals surface area contributed by atoms with Gasteiger partial charge in [-0.3, -0.25) is 4.79 Å². The van der Waals surface area contributed by atoms with Gasteiger partial charge in [-0.15, -0.1) is 0 Å². The van der Waals surface area contributed by atoms with Gasteiger partial charge in [0.05, 0.1) is 0 Å². The average molecular weight is 569 g/mol. The Hall–Kier alpha value is -4.73. The molecule has 1 aromatic heterocycles. The Kier molecular flexibility index (Phi) is 7.25. The maximum atomic E-state index is 14.1. The number of H-pyrrole nitrogens is 1. The van der Waals surface area contributed by atoms with E-state index in [9.17, 15) is 31.1 Å². The van der Waals surface area contributed by atoms with E-state index in [4.69, 9.17) is 4.74 Å². The summed E-state index contributed by atoms with van der Waals surface area (Å²) >= 11 is 0. The van der Waals surface area contributed by atoms with Crippen molar-refractivity contribution in [3.05, 3.63) is 113 Å². The summed E-state index contributed by atoms with van der Waals surface area (Å²) in [4.78, 5) is 15.8. The lowest BCUT2D eigenvalue weighted by Gasteiger charge is -2.21. The highest BCUT2D eigenvalue weighted by atomic mass is 19.4. The Balaban J connectivity index is 1.51. The lowest BCUT2D eigenvalue weighted by Crippen LogP contribution is -2.17. The second kappa shape index (κ2) is 10.7. The molecule has 1 amide bonds. The second-order valence-electron chi connectivity index (χ2n) is 9.27. The first-order valence-electron chi connectivity index (χ1n) is 12.5. The number of aromatic amines is 1. The van der Waals surface area contributed by atoms with Crippen LogP contribution in [0.1, 0.15) is 34.0 Å². The lowest BCUT2D eigenvalue weighted by atomic mass is 10.0. The van der Waals surface area contributed by atoms with Crippen LogP contribution in [-0.4, -0.2) is 10.9 Å². The first-order chi connectivity index (χ1) is 19.4. The molecule has 210 valence electrons. The number of hydrogen-bond acceptors (Lipinski definition) is 2. The average Bonchev–Trinajstić information content (AvgIpc) is 3.35. The van der Waals surface area contributed by atoms with Crippen molar-refractivity contribution >= 4 is 22.5 Å². The number of alkyl halides is 6. The van der Waals surface area contributed by atoms with Gasteiger partial charge in [0, 0.05) is 28.4 Å². The Morgan fingerprint density at radius 3 is 2.00 bits per heavy atom. The van der Waals surface area contributed by atoms with Crippen molar-refractivity contribution in [2.45, 2.75) is 25.7 Å². The molecule has 0 radical (unpaired) electrons. The molecule has 0 bridgehead atoms. The molecular formula is C31H22F6N2O2. The van der Waals surface area contributed by atoms with E-state index in [0.29, 0.717) is 29.5 Å². The highest BCUT2D eigenvalue weighted by molar-refractivity contribution is 6.04. The molecule has 41 heavy (non-hydrogen) atoms. The first kappa shape index (κ1) is 27.8. The molecule has 0 aliphatic carbocycles. The van der Waals surface area contributed by atoms with Gasteiger partial charge in [0.2, 0.25) is 0 Å². The monoisotopic (exact) mass is 568 g/mol. The minimum atomic E-state index is -5.22. The van der Waals surface area contributed by atoms with E-state index in [1.165, 1.54) is 30.3 Å². The number of rotatable bonds is 6. The van der Waals surface area contributed by atoms with Crippen molar-refractivity contribution < 1.29 is 35.9 Å². The van der Waals surface area contributed by atoms with Crippen molar-refractivity contribution in [1.29, 1.82) is 0 Å². The van der Waals surface area contributed by atoms with Crippen LogP contribution in [0, 0.1) is 0 Å². The molecule has 4 nitrogen and oxygen atoms in total. The van der Waals surface area contributed by atoms with E-state index in [0.717, 1.165) is 16.7 Å². The first-order valence-corrected chi connectivity index (χ1v) is 12.5. The van der Waals surface area contributed by atoms with Crippen LogP contribution < -0.4 is 10.1 Å². The van der Waals surface area contributed by atoms with Crippen molar-refractivity contribution in [3.63, 3.8) is 0 Å². The van der Waals surface area contributed by atoms with Crippen molar-refractivity contribution in [1.82, 2.24) is 4.98 Å². The van der Waals surface area contributed by atoms with Crippen LogP contribution in [0.5, 0.6) is 11.5 Å². The fourth-order valence-corrected chi connectivity index (χ4v) is 4.51. The quantitative estimate of drug-likeness (QED) is 0.201. The van der Waals surface area contributed by atoms with Crippen molar-refractivity contribution in [3.8, 4) is 22.6 Å². The Bertz CT molecular complexity index is 1670. The summed E-state index contributed by atoms with van der Waals surface area (Å²) in [5, 5.41) is 2.79. The Labute approximate surface area is 230 Å². The van der Waals surface area contributed by atoms with Gasteiger partial charge in [-0.2, -0.15) is 26.3 Å². The number of fused-ring (bicyclic) bond motifs is 1. The summed E-state index contributed by atoms with van der Waals surface area (Å²) in [5.74, 6) is -2.47. The van der Waals surface area contributed by atoms with E-state index in [1.54, 1.807) is 18.3 Å². The number of aryl methyl sites for hydroxylation is 1. The molecule has 0 aliphatic rings. The van der Waals surface area contributed by atoms with Crippen LogP contribution >= 0.6 is 0 Å². The number of hydrogen-bond donors (Lipinski definition) is 2. The fraction of sp³-hybridized carbons (Fsp3) is 0.129. The molecule has 0 spiro atoms. The van der Waals surface area contributed by atoms with Gasteiger partial charge >= 0.3 is 12.4 Å². The molecule has 1 heterocycles. The summed E-state index contributed by atoms with van der Waals surface area (Å²) in [6.07, 6.45) is -8.14. The van der Waals surface area contributed by atoms with Crippen LogP contribution in [0.3, 0.4) is 0 Å². The number of carbonyl (C=O) groups excluding carboxylic acids is 1. The number of aromatic nitrogens is 1. The summed E-state index contributed by atoms with van der Waals surface area (Å²) in [6, 6.07) is 20.4. The number of anilines is 1. The fourth-order valence-electron chi connectivity index (χ4n) is 4.51. The Morgan fingerprint density at radius 1 is 0.805 bits per heavy atom. The van der Waals surface area contributed by atoms with E-state index in [1.807, 2.05) is 37.3 Å². The van der Waals surface area contributed by atoms with Crippen LogP contribution in [0.4, 0.5) is 32.0 Å². The molecule has 0 saturated heterocycles. The van der Waals surface area contributed by atoms with Gasteiger partial charge in [0.1, 0.15) is 16.9 Å². The lowest BCUT2D eigenvalue weighted by molar-refractivity contribution is -0.144. The van der Waals surface area contributed by atoms with E-state index in [2.05, 4.69) is 10.3 Å². The molecule has 0 fully saturated rings. The van der Waals surface area contributed by atoms with E-state index < -0.39 is 40.8 Å². The summed E-state index contributed by atoms with van der Waals surface area (Å²) < 4.78 is 90.0. The summed E-state index contributed by atoms with van der Waals surface area (Å²) in [7, 11) is 0. The smallest absolute Gasteiger partial charge is 0.420 e. The molecule has 4 aromatic carbocycles. The van der Waals surface area contributed by atoms with Crippen molar-refractivity contribution in [2.24, 2.45) is 0 Å². The number of nitrogens with one attached hydrogen (secondary N) is 2. The molecule has 0 aliphatic heterocycles. The Morgan fingerprint density at radius 2 is 1.41 bits per heavy atom. The minimum absolute atomic E-state index is 0.0543. The topological polar surface area (TPSA) is 54.1 Å². The van der Waals surface area contributed by atoms with Gasteiger partial charge in [-0.1, -0.05) is 49.4 Å². The number of ether oxygens (including phenoxy) is 1. The van der Waals surface area contributed by atoms with Crippen LogP contribution in [-0.2, 0) is 18.8 Å². The van der Waals surface area contributed by atoms with Crippen LogP contribution in [0.2, 0.25) is 0 Å². The van der Waals surface area contributed by atoms with Gasteiger partial charge in [-0.25, -0.2) is 0 Å². The SMILES string of the molecule is CCc1c[nH]c2ccc(Oc3c(C(F)(F)F)cc(NC(=O)c4ccc(-c5ccccc5)cc4)cc3C(F)(F)F)cc12. The molecular weight excluding hydrogens is 546 g/mol. The highest BCUT2D eigenvalue weighted by Crippen LogP contribution is 2.47. The van der Waals surface area contributed by atoms with E-state index in [-0.39, 0.29) is 11.3 Å². The van der Waals surface area contributed by atoms with Crippen LogP contribution in [0.25, 0.3) is 22.0 Å². The predicted octanol–water partition coefficient (Wildman–Crippen LogP) is 9.48. The molecule has 10 heteroatoms. The zero-order chi connectivity index (χ0) is 29.4. The zero-order valence-electron chi connectivity index (χ0n) is 21.5. The van der Waals surface area contributed by atoms with Gasteiger partial charge in [0.15, 0.2) is 5.75 Å². The summed E-state index contributed by atoms with van der Waals surface area (Å²) in [6.45, 7) is 1.87. The third-order valence-corrected chi connectivity index (χ3v) is 6.55. The molecule has 5 rings (SSSR count). The van der Waals surface area contributed by atoms with Crippen molar-refractivity contribution in [2.75, 3.05) is 5.32 Å².